The zero-order chi connectivity index (χ0) is 14.7. The molecule has 0 aromatic carbocycles. The lowest BCUT2D eigenvalue weighted by Gasteiger charge is -1.98. The average Bonchev–Trinajstić information content (AvgIpc) is 2.97. The molecule has 0 spiro atoms. The number of nitrogens with zero attached hydrogens (tertiary/aromatic N) is 2. The van der Waals surface area contributed by atoms with Gasteiger partial charge in [-0.1, -0.05) is 0 Å². The van der Waals surface area contributed by atoms with Crippen LogP contribution in [0.5, 0.6) is 0 Å². The van der Waals surface area contributed by atoms with Crippen molar-refractivity contribution in [1.29, 1.82) is 0 Å². The van der Waals surface area contributed by atoms with E-state index >= 15 is 0 Å². The van der Waals surface area contributed by atoms with Crippen LogP contribution in [0.3, 0.4) is 0 Å². The Labute approximate surface area is 114 Å². The van der Waals surface area contributed by atoms with Crippen LogP contribution in [0.25, 0.3) is 0 Å². The van der Waals surface area contributed by atoms with Gasteiger partial charge in [0, 0.05) is 6.20 Å². The van der Waals surface area contributed by atoms with Crippen LogP contribution in [-0.4, -0.2) is 33.4 Å². The SMILES string of the molecule is CCOC(=O)c1cnn(Cc2cc(C(=O)O)c(C)o2)c1. The molecule has 0 saturated carbocycles. The van der Waals surface area contributed by atoms with Crippen molar-refractivity contribution in [3.05, 3.63) is 41.1 Å². The van der Waals surface area contributed by atoms with E-state index in [1.807, 2.05) is 0 Å². The smallest absolute Gasteiger partial charge is 0.341 e. The van der Waals surface area contributed by atoms with E-state index in [4.69, 9.17) is 14.3 Å². The summed E-state index contributed by atoms with van der Waals surface area (Å²) in [6, 6.07) is 1.45. The number of furan rings is 1. The Morgan fingerprint density at radius 1 is 1.50 bits per heavy atom. The van der Waals surface area contributed by atoms with Crippen LogP contribution in [0, 0.1) is 6.92 Å². The Morgan fingerprint density at radius 2 is 2.25 bits per heavy atom. The molecule has 20 heavy (non-hydrogen) atoms. The highest BCUT2D eigenvalue weighted by atomic mass is 16.5. The molecule has 0 fully saturated rings. The second-order valence-corrected chi connectivity index (χ2v) is 4.13. The monoisotopic (exact) mass is 278 g/mol. The molecule has 0 aliphatic rings. The molecule has 2 heterocycles. The summed E-state index contributed by atoms with van der Waals surface area (Å²) < 4.78 is 11.7. The molecule has 0 unspecified atom stereocenters. The van der Waals surface area contributed by atoms with Gasteiger partial charge in [-0.3, -0.25) is 4.68 Å². The highest BCUT2D eigenvalue weighted by Gasteiger charge is 2.15. The summed E-state index contributed by atoms with van der Waals surface area (Å²) in [5, 5.41) is 12.9. The van der Waals surface area contributed by atoms with Crippen LogP contribution >= 0.6 is 0 Å². The van der Waals surface area contributed by atoms with Gasteiger partial charge in [-0.2, -0.15) is 5.10 Å². The number of ether oxygens (including phenoxy) is 1. The number of carbonyl (C=O) groups is 2. The summed E-state index contributed by atoms with van der Waals surface area (Å²) in [6.07, 6.45) is 2.92. The maximum Gasteiger partial charge on any atom is 0.341 e. The molecule has 106 valence electrons. The highest BCUT2D eigenvalue weighted by molar-refractivity contribution is 5.89. The maximum atomic E-state index is 11.5. The van der Waals surface area contributed by atoms with Gasteiger partial charge >= 0.3 is 11.9 Å². The van der Waals surface area contributed by atoms with Crippen molar-refractivity contribution in [3.8, 4) is 0 Å². The Hall–Kier alpha value is -2.57. The van der Waals surface area contributed by atoms with Crippen molar-refractivity contribution in [2.45, 2.75) is 20.4 Å². The molecular weight excluding hydrogens is 264 g/mol. The Kier molecular flexibility index (Phi) is 3.88. The van der Waals surface area contributed by atoms with Gasteiger partial charge in [0.15, 0.2) is 0 Å². The third-order valence-corrected chi connectivity index (χ3v) is 2.66. The molecule has 0 atom stereocenters. The van der Waals surface area contributed by atoms with Gasteiger partial charge in [0.25, 0.3) is 0 Å². The second-order valence-electron chi connectivity index (χ2n) is 4.13. The van der Waals surface area contributed by atoms with Crippen molar-refractivity contribution in [2.24, 2.45) is 0 Å². The highest BCUT2D eigenvalue weighted by Crippen LogP contribution is 2.15. The predicted octanol–water partition coefficient (Wildman–Crippen LogP) is 1.71. The fourth-order valence-electron chi connectivity index (χ4n) is 1.76. The first-order chi connectivity index (χ1) is 9.51. The van der Waals surface area contributed by atoms with Crippen LogP contribution in [-0.2, 0) is 11.3 Å². The van der Waals surface area contributed by atoms with E-state index in [1.165, 1.54) is 23.1 Å². The summed E-state index contributed by atoms with van der Waals surface area (Å²) in [4.78, 5) is 22.4. The van der Waals surface area contributed by atoms with Crippen LogP contribution in [0.15, 0.2) is 22.9 Å². The van der Waals surface area contributed by atoms with Crippen molar-refractivity contribution < 1.29 is 23.8 Å². The van der Waals surface area contributed by atoms with Crippen LogP contribution in [0.1, 0.15) is 39.2 Å². The topological polar surface area (TPSA) is 94.6 Å². The van der Waals surface area contributed by atoms with E-state index in [-0.39, 0.29) is 12.1 Å². The molecule has 7 heteroatoms. The van der Waals surface area contributed by atoms with E-state index in [0.29, 0.717) is 23.7 Å². The zero-order valence-electron chi connectivity index (χ0n) is 11.1. The maximum absolute atomic E-state index is 11.5. The number of aromatic carboxylic acids is 1. The van der Waals surface area contributed by atoms with E-state index in [9.17, 15) is 9.59 Å². The van der Waals surface area contributed by atoms with Crippen molar-refractivity contribution in [3.63, 3.8) is 0 Å². The van der Waals surface area contributed by atoms with Gasteiger partial charge in [0.2, 0.25) is 0 Å². The number of aromatic nitrogens is 2. The minimum atomic E-state index is -1.04. The van der Waals surface area contributed by atoms with E-state index in [0.717, 1.165) is 0 Å². The predicted molar refractivity (Wildman–Crippen MR) is 67.7 cm³/mol. The molecule has 0 aliphatic heterocycles. The Morgan fingerprint density at radius 3 is 2.85 bits per heavy atom. The minimum absolute atomic E-state index is 0.123. The van der Waals surface area contributed by atoms with Gasteiger partial charge < -0.3 is 14.3 Å². The average molecular weight is 278 g/mol. The van der Waals surface area contributed by atoms with Gasteiger partial charge in [-0.05, 0) is 19.9 Å². The molecule has 2 rings (SSSR count). The number of carbonyl (C=O) groups excluding carboxylic acids is 1. The lowest BCUT2D eigenvalue weighted by molar-refractivity contribution is 0.0525. The fourth-order valence-corrected chi connectivity index (χ4v) is 1.76. The summed E-state index contributed by atoms with van der Waals surface area (Å²) >= 11 is 0. The molecule has 1 N–H and O–H groups in total. The number of esters is 1. The molecule has 2 aromatic heterocycles. The van der Waals surface area contributed by atoms with E-state index < -0.39 is 11.9 Å². The number of carboxylic acids is 1. The molecule has 0 aliphatic carbocycles. The third kappa shape index (κ3) is 2.87. The minimum Gasteiger partial charge on any atom is -0.478 e. The van der Waals surface area contributed by atoms with Crippen LogP contribution < -0.4 is 0 Å². The lowest BCUT2D eigenvalue weighted by atomic mass is 10.2. The summed E-state index contributed by atoms with van der Waals surface area (Å²) in [5.41, 5.74) is 0.464. The van der Waals surface area contributed by atoms with Gasteiger partial charge in [0.1, 0.15) is 17.1 Å². The number of rotatable bonds is 5. The van der Waals surface area contributed by atoms with Crippen LogP contribution in [0.4, 0.5) is 0 Å². The molecular formula is C13H14N2O5. The molecule has 0 radical (unpaired) electrons. The van der Waals surface area contributed by atoms with Crippen molar-refractivity contribution in [2.75, 3.05) is 6.61 Å². The second kappa shape index (κ2) is 5.60. The quantitative estimate of drug-likeness (QED) is 0.836. The van der Waals surface area contributed by atoms with Crippen LogP contribution in [0.2, 0.25) is 0 Å². The molecule has 7 nitrogen and oxygen atoms in total. The van der Waals surface area contributed by atoms with Gasteiger partial charge in [-0.15, -0.1) is 0 Å². The molecule has 0 saturated heterocycles. The van der Waals surface area contributed by atoms with Crippen molar-refractivity contribution in [1.82, 2.24) is 9.78 Å². The van der Waals surface area contributed by atoms with Gasteiger partial charge in [0.05, 0.1) is 24.9 Å². The van der Waals surface area contributed by atoms with E-state index in [2.05, 4.69) is 5.10 Å². The third-order valence-electron chi connectivity index (χ3n) is 2.66. The molecule has 0 bridgehead atoms. The lowest BCUT2D eigenvalue weighted by Crippen LogP contribution is -2.03. The zero-order valence-corrected chi connectivity index (χ0v) is 11.1. The number of carboxylic acid groups (broad SMARTS) is 1. The standard InChI is InChI=1S/C13H14N2O5/c1-3-19-13(18)9-5-14-15(6-9)7-10-4-11(12(16)17)8(2)20-10/h4-6H,3,7H2,1-2H3,(H,16,17). The summed E-state index contributed by atoms with van der Waals surface area (Å²) in [6.45, 7) is 3.85. The fraction of sp³-hybridized carbons (Fsp3) is 0.308. The molecule has 0 amide bonds. The first-order valence-electron chi connectivity index (χ1n) is 6.03. The summed E-state index contributed by atoms with van der Waals surface area (Å²) in [5.74, 6) is -0.686. The Balaban J connectivity index is 2.12. The van der Waals surface area contributed by atoms with E-state index in [1.54, 1.807) is 13.8 Å². The molecule has 2 aromatic rings. The van der Waals surface area contributed by atoms with Crippen molar-refractivity contribution >= 4 is 11.9 Å². The summed E-state index contributed by atoms with van der Waals surface area (Å²) in [7, 11) is 0. The number of aryl methyl sites for hydroxylation is 1. The largest absolute Gasteiger partial charge is 0.478 e. The Bertz CT molecular complexity index is 641. The number of hydrogen-bond donors (Lipinski definition) is 1. The first-order valence-corrected chi connectivity index (χ1v) is 6.03. The normalized spacial score (nSPS) is 10.5. The number of hydrogen-bond acceptors (Lipinski definition) is 5. The van der Waals surface area contributed by atoms with Gasteiger partial charge in [-0.25, -0.2) is 9.59 Å². The first kappa shape index (κ1) is 13.9.